The van der Waals surface area contributed by atoms with Crippen molar-refractivity contribution in [2.75, 3.05) is 0 Å². The van der Waals surface area contributed by atoms with Gasteiger partial charge in [0.05, 0.1) is 5.03 Å². The maximum absolute atomic E-state index is 10.3. The Hall–Kier alpha value is -0.640. The average molecular weight is 203 g/mol. The first-order valence-electron chi connectivity index (χ1n) is 3.22. The third-order valence-corrected chi connectivity index (χ3v) is 2.15. The van der Waals surface area contributed by atoms with Crippen molar-refractivity contribution in [1.82, 2.24) is 0 Å². The van der Waals surface area contributed by atoms with Crippen LogP contribution in [0, 0.1) is 0 Å². The van der Waals surface area contributed by atoms with Gasteiger partial charge in [-0.15, -0.1) is 0 Å². The summed E-state index contributed by atoms with van der Waals surface area (Å²) in [6.07, 6.45) is 0. The van der Waals surface area contributed by atoms with E-state index in [-0.39, 0.29) is 5.03 Å². The van der Waals surface area contributed by atoms with Crippen molar-refractivity contribution < 1.29 is 8.76 Å². The second-order valence-electron chi connectivity index (χ2n) is 2.11. The molecule has 0 spiro atoms. The zero-order chi connectivity index (χ0) is 8.97. The van der Waals surface area contributed by atoms with Gasteiger partial charge in [0.1, 0.15) is 0 Å². The van der Waals surface area contributed by atoms with E-state index in [1.165, 1.54) is 0 Å². The molecule has 0 saturated carbocycles. The Balaban J connectivity index is 2.93. The first-order chi connectivity index (χ1) is 5.70. The number of hydrogen-bond donors (Lipinski definition) is 1. The predicted octanol–water partition coefficient (Wildman–Crippen LogP) is 2.45. The van der Waals surface area contributed by atoms with Crippen LogP contribution in [-0.4, -0.2) is 8.76 Å². The van der Waals surface area contributed by atoms with Gasteiger partial charge in [-0.3, -0.25) is 0 Å². The van der Waals surface area contributed by atoms with Gasteiger partial charge in [0.15, 0.2) is 11.1 Å². The molecule has 1 N–H and O–H groups in total. The highest BCUT2D eigenvalue weighted by atomic mass is 35.5. The summed E-state index contributed by atoms with van der Waals surface area (Å²) >= 11 is 3.72. The lowest BCUT2D eigenvalue weighted by molar-refractivity contribution is 0.574. The minimum Gasteiger partial charge on any atom is -0.303 e. The first-order valence-corrected chi connectivity index (χ1v) is 4.77. The van der Waals surface area contributed by atoms with Crippen LogP contribution in [0.2, 0.25) is 0 Å². The van der Waals surface area contributed by atoms with Crippen LogP contribution < -0.4 is 0 Å². The van der Waals surface area contributed by atoms with E-state index in [9.17, 15) is 4.21 Å². The standard InChI is InChI=1S/C8H7ClO2S/c9-8(6-12(10)11)7-4-2-1-3-5-7/h1-6H,(H,10,11). The molecule has 0 amide bonds. The van der Waals surface area contributed by atoms with Crippen LogP contribution in [0.1, 0.15) is 5.56 Å². The van der Waals surface area contributed by atoms with Crippen LogP contribution in [0.5, 0.6) is 0 Å². The number of hydrogen-bond acceptors (Lipinski definition) is 1. The summed E-state index contributed by atoms with van der Waals surface area (Å²) < 4.78 is 18.8. The molecule has 0 aliphatic rings. The third kappa shape index (κ3) is 2.77. The molecule has 2 nitrogen and oxygen atoms in total. The van der Waals surface area contributed by atoms with Crippen molar-refractivity contribution in [2.45, 2.75) is 0 Å². The molecular weight excluding hydrogens is 196 g/mol. The average Bonchev–Trinajstić information content (AvgIpc) is 2.05. The molecule has 64 valence electrons. The monoisotopic (exact) mass is 202 g/mol. The van der Waals surface area contributed by atoms with E-state index in [0.29, 0.717) is 0 Å². The van der Waals surface area contributed by atoms with Crippen LogP contribution >= 0.6 is 11.6 Å². The van der Waals surface area contributed by atoms with Gasteiger partial charge in [0.25, 0.3) is 0 Å². The van der Waals surface area contributed by atoms with Crippen LogP contribution in [-0.2, 0) is 11.1 Å². The van der Waals surface area contributed by atoms with E-state index in [0.717, 1.165) is 11.0 Å². The Kier molecular flexibility index (Phi) is 3.47. The van der Waals surface area contributed by atoms with Gasteiger partial charge in [-0.05, 0) is 5.56 Å². The Morgan fingerprint density at radius 2 is 2.00 bits per heavy atom. The molecule has 0 saturated heterocycles. The first kappa shape index (κ1) is 9.45. The SMILES string of the molecule is O=S(O)C=C(Cl)c1ccccc1. The molecule has 4 heteroatoms. The Labute approximate surface area is 78.2 Å². The van der Waals surface area contributed by atoms with Crippen LogP contribution in [0.15, 0.2) is 35.7 Å². The molecule has 1 unspecified atom stereocenters. The molecule has 0 aliphatic carbocycles. The van der Waals surface area contributed by atoms with Gasteiger partial charge in [-0.2, -0.15) is 0 Å². The van der Waals surface area contributed by atoms with Crippen molar-refractivity contribution in [1.29, 1.82) is 0 Å². The summed E-state index contributed by atoms with van der Waals surface area (Å²) in [6, 6.07) is 9.01. The fourth-order valence-corrected chi connectivity index (χ4v) is 1.42. The van der Waals surface area contributed by atoms with Crippen molar-refractivity contribution in [2.24, 2.45) is 0 Å². The lowest BCUT2D eigenvalue weighted by Gasteiger charge is -1.95. The smallest absolute Gasteiger partial charge is 0.180 e. The lowest BCUT2D eigenvalue weighted by atomic mass is 10.2. The Bertz CT molecular complexity index is 308. The highest BCUT2D eigenvalue weighted by Crippen LogP contribution is 2.18. The van der Waals surface area contributed by atoms with Gasteiger partial charge in [0, 0.05) is 5.41 Å². The summed E-state index contributed by atoms with van der Waals surface area (Å²) in [6.45, 7) is 0. The highest BCUT2D eigenvalue weighted by molar-refractivity contribution is 7.82. The van der Waals surface area contributed by atoms with E-state index in [4.69, 9.17) is 16.2 Å². The number of rotatable bonds is 2. The van der Waals surface area contributed by atoms with Crippen molar-refractivity contribution in [3.05, 3.63) is 41.3 Å². The molecule has 0 fully saturated rings. The third-order valence-electron chi connectivity index (χ3n) is 1.25. The highest BCUT2D eigenvalue weighted by Gasteiger charge is 1.97. The quantitative estimate of drug-likeness (QED) is 0.748. The maximum atomic E-state index is 10.3. The van der Waals surface area contributed by atoms with Gasteiger partial charge >= 0.3 is 0 Å². The van der Waals surface area contributed by atoms with Gasteiger partial charge in [-0.25, -0.2) is 4.21 Å². The summed E-state index contributed by atoms with van der Waals surface area (Å²) in [5, 5.41) is 1.37. The van der Waals surface area contributed by atoms with E-state index in [1.54, 1.807) is 12.1 Å². The van der Waals surface area contributed by atoms with E-state index in [1.807, 2.05) is 18.2 Å². The fraction of sp³-hybridized carbons (Fsp3) is 0. The minimum atomic E-state index is -1.99. The van der Waals surface area contributed by atoms with E-state index in [2.05, 4.69) is 0 Å². The predicted molar refractivity (Wildman–Crippen MR) is 51.0 cm³/mol. The van der Waals surface area contributed by atoms with Crippen molar-refractivity contribution >= 4 is 27.7 Å². The molecule has 12 heavy (non-hydrogen) atoms. The van der Waals surface area contributed by atoms with E-state index < -0.39 is 11.1 Å². The Morgan fingerprint density at radius 3 is 2.50 bits per heavy atom. The normalized spacial score (nSPS) is 14.3. The number of halogens is 1. The Morgan fingerprint density at radius 1 is 1.42 bits per heavy atom. The molecular formula is C8H7ClO2S. The summed E-state index contributed by atoms with van der Waals surface area (Å²) in [5.74, 6) is 0. The molecule has 1 rings (SSSR count). The molecule has 0 aromatic heterocycles. The van der Waals surface area contributed by atoms with Crippen LogP contribution in [0.4, 0.5) is 0 Å². The molecule has 0 heterocycles. The zero-order valence-electron chi connectivity index (χ0n) is 6.11. The molecule has 0 bridgehead atoms. The van der Waals surface area contributed by atoms with E-state index >= 15 is 0 Å². The van der Waals surface area contributed by atoms with Gasteiger partial charge in [-0.1, -0.05) is 41.9 Å². The summed E-state index contributed by atoms with van der Waals surface area (Å²) in [7, 11) is 0. The molecule has 0 radical (unpaired) electrons. The van der Waals surface area contributed by atoms with Crippen molar-refractivity contribution in [3.8, 4) is 0 Å². The molecule has 1 aromatic carbocycles. The molecule has 0 aliphatic heterocycles. The maximum Gasteiger partial charge on any atom is 0.180 e. The zero-order valence-corrected chi connectivity index (χ0v) is 7.68. The van der Waals surface area contributed by atoms with Gasteiger partial charge < -0.3 is 4.55 Å². The lowest BCUT2D eigenvalue weighted by Crippen LogP contribution is -1.81. The van der Waals surface area contributed by atoms with Crippen LogP contribution in [0.25, 0.3) is 5.03 Å². The molecule has 1 atom stereocenters. The summed E-state index contributed by atoms with van der Waals surface area (Å²) in [4.78, 5) is 0. The second-order valence-corrected chi connectivity index (χ2v) is 3.30. The largest absolute Gasteiger partial charge is 0.303 e. The van der Waals surface area contributed by atoms with Crippen molar-refractivity contribution in [3.63, 3.8) is 0 Å². The topological polar surface area (TPSA) is 37.3 Å². The van der Waals surface area contributed by atoms with Gasteiger partial charge in [0.2, 0.25) is 0 Å². The fourth-order valence-electron chi connectivity index (χ4n) is 0.754. The second kappa shape index (κ2) is 4.40. The molecule has 1 aromatic rings. The number of benzene rings is 1. The summed E-state index contributed by atoms with van der Waals surface area (Å²) in [5.41, 5.74) is 0.738. The minimum absolute atomic E-state index is 0.288. The van der Waals surface area contributed by atoms with Crippen LogP contribution in [0.3, 0.4) is 0 Å².